The number of nitrogens with zero attached hydrogens (tertiary/aromatic N) is 1. The van der Waals surface area contributed by atoms with Gasteiger partial charge in [0.25, 0.3) is 0 Å². The van der Waals surface area contributed by atoms with Crippen LogP contribution >= 0.6 is 0 Å². The van der Waals surface area contributed by atoms with Crippen LogP contribution in [0.4, 0.5) is 5.69 Å². The standard InChI is InChI=1S/C13H16N2O3/c1-2-14-8-12(16)15-10-6-4-3-5-9(10)7-11(15)13(17)18/h3-6,11,14H,2,7-8H2,1H3,(H,17,18). The summed E-state index contributed by atoms with van der Waals surface area (Å²) in [7, 11) is 0. The number of nitrogens with one attached hydrogen (secondary N) is 1. The number of carboxylic acid groups (broad SMARTS) is 1. The summed E-state index contributed by atoms with van der Waals surface area (Å²) in [6, 6.07) is 6.55. The smallest absolute Gasteiger partial charge is 0.327 e. The molecule has 0 aromatic heterocycles. The van der Waals surface area contributed by atoms with Crippen molar-refractivity contribution in [2.45, 2.75) is 19.4 Å². The monoisotopic (exact) mass is 248 g/mol. The highest BCUT2D eigenvalue weighted by Crippen LogP contribution is 2.32. The first-order valence-electron chi connectivity index (χ1n) is 5.98. The van der Waals surface area contributed by atoms with Gasteiger partial charge in [-0.2, -0.15) is 0 Å². The average Bonchev–Trinajstić information content (AvgIpc) is 2.75. The number of para-hydroxylation sites is 1. The Labute approximate surface area is 105 Å². The van der Waals surface area contributed by atoms with Crippen LogP contribution in [-0.4, -0.2) is 36.1 Å². The van der Waals surface area contributed by atoms with E-state index >= 15 is 0 Å². The van der Waals surface area contributed by atoms with E-state index in [9.17, 15) is 14.7 Å². The minimum absolute atomic E-state index is 0.161. The molecule has 96 valence electrons. The molecule has 2 N–H and O–H groups in total. The molecule has 1 heterocycles. The second-order valence-electron chi connectivity index (χ2n) is 4.23. The van der Waals surface area contributed by atoms with Crippen molar-refractivity contribution in [1.82, 2.24) is 5.32 Å². The Balaban J connectivity index is 2.28. The maximum atomic E-state index is 12.1. The summed E-state index contributed by atoms with van der Waals surface area (Å²) in [6.45, 7) is 2.74. The molecule has 1 atom stereocenters. The van der Waals surface area contributed by atoms with Crippen molar-refractivity contribution in [2.24, 2.45) is 0 Å². The minimum Gasteiger partial charge on any atom is -0.480 e. The molecule has 1 aromatic carbocycles. The summed E-state index contributed by atoms with van der Waals surface area (Å²) in [4.78, 5) is 24.7. The average molecular weight is 248 g/mol. The Morgan fingerprint density at radius 3 is 2.83 bits per heavy atom. The van der Waals surface area contributed by atoms with Crippen molar-refractivity contribution in [2.75, 3.05) is 18.0 Å². The molecule has 18 heavy (non-hydrogen) atoms. The van der Waals surface area contributed by atoms with Crippen LogP contribution in [0.1, 0.15) is 12.5 Å². The van der Waals surface area contributed by atoms with Gasteiger partial charge in [-0.1, -0.05) is 25.1 Å². The van der Waals surface area contributed by atoms with Crippen LogP contribution in [-0.2, 0) is 16.0 Å². The van der Waals surface area contributed by atoms with Crippen LogP contribution in [0.5, 0.6) is 0 Å². The van der Waals surface area contributed by atoms with Crippen molar-refractivity contribution in [3.05, 3.63) is 29.8 Å². The first kappa shape index (κ1) is 12.6. The Hall–Kier alpha value is -1.88. The molecule has 2 rings (SSSR count). The van der Waals surface area contributed by atoms with Crippen LogP contribution in [0, 0.1) is 0 Å². The topological polar surface area (TPSA) is 69.6 Å². The predicted octanol–water partition coefficient (Wildman–Crippen LogP) is 0.638. The molecular weight excluding hydrogens is 232 g/mol. The van der Waals surface area contributed by atoms with Crippen molar-refractivity contribution < 1.29 is 14.7 Å². The number of aliphatic carboxylic acids is 1. The van der Waals surface area contributed by atoms with Gasteiger partial charge in [0, 0.05) is 12.1 Å². The Kier molecular flexibility index (Phi) is 3.62. The van der Waals surface area contributed by atoms with Gasteiger partial charge in [-0.3, -0.25) is 9.69 Å². The number of amides is 1. The molecule has 0 saturated carbocycles. The summed E-state index contributed by atoms with van der Waals surface area (Å²) in [6.07, 6.45) is 0.378. The van der Waals surface area contributed by atoms with Gasteiger partial charge in [0.05, 0.1) is 6.54 Å². The van der Waals surface area contributed by atoms with Gasteiger partial charge in [0.2, 0.25) is 5.91 Å². The van der Waals surface area contributed by atoms with Gasteiger partial charge in [0.15, 0.2) is 0 Å². The first-order valence-corrected chi connectivity index (χ1v) is 5.98. The third-order valence-electron chi connectivity index (χ3n) is 3.06. The largest absolute Gasteiger partial charge is 0.480 e. The van der Waals surface area contributed by atoms with Gasteiger partial charge >= 0.3 is 5.97 Å². The number of hydrogen-bond acceptors (Lipinski definition) is 3. The molecule has 0 fully saturated rings. The molecule has 0 saturated heterocycles. The van der Waals surface area contributed by atoms with E-state index in [1.807, 2.05) is 25.1 Å². The number of carboxylic acids is 1. The lowest BCUT2D eigenvalue weighted by molar-refractivity contribution is -0.139. The summed E-state index contributed by atoms with van der Waals surface area (Å²) in [5, 5.41) is 12.1. The quantitative estimate of drug-likeness (QED) is 0.820. The fourth-order valence-corrected chi connectivity index (χ4v) is 2.21. The molecule has 1 aromatic rings. The zero-order valence-corrected chi connectivity index (χ0v) is 10.2. The first-order chi connectivity index (χ1) is 8.65. The van der Waals surface area contributed by atoms with Crippen molar-refractivity contribution in [3.63, 3.8) is 0 Å². The SMILES string of the molecule is CCNCC(=O)N1c2ccccc2CC1C(=O)O. The molecule has 5 heteroatoms. The van der Waals surface area contributed by atoms with Gasteiger partial charge in [-0.05, 0) is 18.2 Å². The number of carbonyl (C=O) groups excluding carboxylic acids is 1. The van der Waals surface area contributed by atoms with E-state index in [-0.39, 0.29) is 12.5 Å². The van der Waals surface area contributed by atoms with Gasteiger partial charge in [-0.15, -0.1) is 0 Å². The van der Waals surface area contributed by atoms with E-state index in [4.69, 9.17) is 0 Å². The highest BCUT2D eigenvalue weighted by molar-refractivity contribution is 6.02. The zero-order chi connectivity index (χ0) is 13.1. The molecule has 0 aliphatic carbocycles. The third-order valence-corrected chi connectivity index (χ3v) is 3.06. The van der Waals surface area contributed by atoms with Crippen molar-refractivity contribution in [3.8, 4) is 0 Å². The van der Waals surface area contributed by atoms with Crippen molar-refractivity contribution >= 4 is 17.6 Å². The molecule has 0 spiro atoms. The minimum atomic E-state index is -0.962. The molecule has 1 amide bonds. The number of benzene rings is 1. The lowest BCUT2D eigenvalue weighted by Crippen LogP contribution is -2.46. The molecular formula is C13H16N2O3. The van der Waals surface area contributed by atoms with Crippen LogP contribution < -0.4 is 10.2 Å². The molecule has 1 aliphatic rings. The summed E-state index contributed by atoms with van der Waals surface area (Å²) >= 11 is 0. The van der Waals surface area contributed by atoms with E-state index in [1.165, 1.54) is 4.90 Å². The fourth-order valence-electron chi connectivity index (χ4n) is 2.21. The van der Waals surface area contributed by atoms with Crippen LogP contribution in [0.2, 0.25) is 0 Å². The number of likely N-dealkylation sites (N-methyl/N-ethyl adjacent to an activating group) is 1. The molecule has 5 nitrogen and oxygen atoms in total. The normalized spacial score (nSPS) is 17.6. The molecule has 1 aliphatic heterocycles. The van der Waals surface area contributed by atoms with E-state index < -0.39 is 12.0 Å². The Bertz CT molecular complexity index is 473. The predicted molar refractivity (Wildman–Crippen MR) is 67.6 cm³/mol. The van der Waals surface area contributed by atoms with E-state index in [0.29, 0.717) is 18.7 Å². The molecule has 1 unspecified atom stereocenters. The number of anilines is 1. The second-order valence-corrected chi connectivity index (χ2v) is 4.23. The van der Waals surface area contributed by atoms with E-state index in [0.717, 1.165) is 5.56 Å². The zero-order valence-electron chi connectivity index (χ0n) is 10.2. The fraction of sp³-hybridized carbons (Fsp3) is 0.385. The third kappa shape index (κ3) is 2.22. The van der Waals surface area contributed by atoms with Crippen LogP contribution in [0.25, 0.3) is 0 Å². The number of hydrogen-bond donors (Lipinski definition) is 2. The van der Waals surface area contributed by atoms with Crippen LogP contribution in [0.15, 0.2) is 24.3 Å². The molecule has 0 bridgehead atoms. The Morgan fingerprint density at radius 1 is 1.44 bits per heavy atom. The second kappa shape index (κ2) is 5.18. The summed E-state index contributed by atoms with van der Waals surface area (Å²) < 4.78 is 0. The number of rotatable bonds is 4. The van der Waals surface area contributed by atoms with E-state index in [1.54, 1.807) is 6.07 Å². The highest BCUT2D eigenvalue weighted by Gasteiger charge is 2.37. The lowest BCUT2D eigenvalue weighted by Gasteiger charge is -2.22. The molecule has 0 radical (unpaired) electrons. The maximum absolute atomic E-state index is 12.1. The number of carbonyl (C=O) groups is 2. The van der Waals surface area contributed by atoms with Gasteiger partial charge < -0.3 is 10.4 Å². The van der Waals surface area contributed by atoms with Gasteiger partial charge in [-0.25, -0.2) is 4.79 Å². The summed E-state index contributed by atoms with van der Waals surface area (Å²) in [5.74, 6) is -1.16. The van der Waals surface area contributed by atoms with Crippen LogP contribution in [0.3, 0.4) is 0 Å². The lowest BCUT2D eigenvalue weighted by atomic mass is 10.1. The van der Waals surface area contributed by atoms with Gasteiger partial charge in [0.1, 0.15) is 6.04 Å². The van der Waals surface area contributed by atoms with Crippen molar-refractivity contribution in [1.29, 1.82) is 0 Å². The van der Waals surface area contributed by atoms with E-state index in [2.05, 4.69) is 5.32 Å². The highest BCUT2D eigenvalue weighted by atomic mass is 16.4. The summed E-state index contributed by atoms with van der Waals surface area (Å²) in [5.41, 5.74) is 1.63. The Morgan fingerprint density at radius 2 is 2.17 bits per heavy atom. The number of fused-ring (bicyclic) bond motifs is 1. The maximum Gasteiger partial charge on any atom is 0.327 e.